The molecule has 0 saturated heterocycles. The molecular formula is C13H18FNO3. The molecule has 0 aromatic heterocycles. The predicted molar refractivity (Wildman–Crippen MR) is 65.7 cm³/mol. The van der Waals surface area contributed by atoms with Gasteiger partial charge in [-0.15, -0.1) is 0 Å². The predicted octanol–water partition coefficient (Wildman–Crippen LogP) is 1.67. The van der Waals surface area contributed by atoms with Gasteiger partial charge in [0.05, 0.1) is 6.10 Å². The van der Waals surface area contributed by atoms with Gasteiger partial charge in [0, 0.05) is 20.3 Å². The van der Waals surface area contributed by atoms with Crippen LogP contribution in [-0.2, 0) is 14.3 Å². The van der Waals surface area contributed by atoms with Crippen LogP contribution in [0.4, 0.5) is 4.39 Å². The number of halogens is 1. The first-order valence-corrected chi connectivity index (χ1v) is 5.80. The van der Waals surface area contributed by atoms with E-state index < -0.39 is 0 Å². The normalized spacial score (nSPS) is 12.2. The number of benzene rings is 1. The number of rotatable bonds is 7. The van der Waals surface area contributed by atoms with Gasteiger partial charge in [0.25, 0.3) is 0 Å². The van der Waals surface area contributed by atoms with Crippen molar-refractivity contribution in [3.05, 3.63) is 35.6 Å². The molecule has 0 bridgehead atoms. The minimum absolute atomic E-state index is 0.0239. The number of ether oxygens (including phenoxy) is 2. The van der Waals surface area contributed by atoms with Gasteiger partial charge >= 0.3 is 0 Å². The summed E-state index contributed by atoms with van der Waals surface area (Å²) in [6.07, 6.45) is -0.369. The second-order valence-electron chi connectivity index (χ2n) is 3.72. The number of methoxy groups -OCH3 is 1. The molecule has 1 atom stereocenters. The summed E-state index contributed by atoms with van der Waals surface area (Å²) in [5.41, 5.74) is 0.689. The Balaban J connectivity index is 2.50. The van der Waals surface area contributed by atoms with Crippen molar-refractivity contribution in [2.24, 2.45) is 0 Å². The van der Waals surface area contributed by atoms with Crippen molar-refractivity contribution in [3.63, 3.8) is 0 Å². The molecule has 100 valence electrons. The Hall–Kier alpha value is -1.46. The minimum Gasteiger partial charge on any atom is -0.375 e. The topological polar surface area (TPSA) is 47.6 Å². The monoisotopic (exact) mass is 255 g/mol. The van der Waals surface area contributed by atoms with E-state index in [0.29, 0.717) is 12.2 Å². The van der Waals surface area contributed by atoms with Gasteiger partial charge < -0.3 is 14.8 Å². The molecule has 0 aliphatic carbocycles. The Morgan fingerprint density at radius 3 is 2.89 bits per heavy atom. The molecule has 4 nitrogen and oxygen atoms in total. The van der Waals surface area contributed by atoms with Gasteiger partial charge in [-0.3, -0.25) is 4.79 Å². The second kappa shape index (κ2) is 7.79. The van der Waals surface area contributed by atoms with Crippen molar-refractivity contribution in [2.45, 2.75) is 13.0 Å². The number of carbonyl (C=O) groups excluding carboxylic acids is 1. The van der Waals surface area contributed by atoms with Crippen molar-refractivity contribution in [1.82, 2.24) is 5.32 Å². The van der Waals surface area contributed by atoms with Crippen LogP contribution in [-0.4, -0.2) is 32.8 Å². The van der Waals surface area contributed by atoms with Crippen LogP contribution in [0.1, 0.15) is 18.6 Å². The van der Waals surface area contributed by atoms with E-state index in [1.807, 2.05) is 6.92 Å². The molecular weight excluding hydrogens is 237 g/mol. The highest BCUT2D eigenvalue weighted by Gasteiger charge is 2.12. The quantitative estimate of drug-likeness (QED) is 0.806. The fourth-order valence-electron chi connectivity index (χ4n) is 1.50. The lowest BCUT2D eigenvalue weighted by Crippen LogP contribution is -2.32. The first kappa shape index (κ1) is 14.6. The third-order valence-electron chi connectivity index (χ3n) is 2.43. The molecule has 0 heterocycles. The number of amides is 1. The van der Waals surface area contributed by atoms with E-state index in [1.54, 1.807) is 12.1 Å². The number of hydrogen-bond acceptors (Lipinski definition) is 3. The van der Waals surface area contributed by atoms with E-state index >= 15 is 0 Å². The fourth-order valence-corrected chi connectivity index (χ4v) is 1.50. The SMILES string of the molecule is CCOCC(=O)NC[C@H](OC)c1cccc(F)c1. The molecule has 0 saturated carbocycles. The molecule has 0 radical (unpaired) electrons. The Kier molecular flexibility index (Phi) is 6.32. The van der Waals surface area contributed by atoms with Crippen LogP contribution in [0.15, 0.2) is 24.3 Å². The Labute approximate surface area is 106 Å². The van der Waals surface area contributed by atoms with E-state index in [0.717, 1.165) is 0 Å². The van der Waals surface area contributed by atoms with Gasteiger partial charge in [0.1, 0.15) is 12.4 Å². The largest absolute Gasteiger partial charge is 0.375 e. The summed E-state index contributed by atoms with van der Waals surface area (Å²) in [6.45, 7) is 2.62. The van der Waals surface area contributed by atoms with Gasteiger partial charge in [-0.1, -0.05) is 12.1 Å². The molecule has 0 spiro atoms. The maximum absolute atomic E-state index is 13.1. The summed E-state index contributed by atoms with van der Waals surface area (Å²) < 4.78 is 23.3. The molecule has 1 N–H and O–H groups in total. The van der Waals surface area contributed by atoms with Gasteiger partial charge in [0.15, 0.2) is 0 Å². The van der Waals surface area contributed by atoms with Crippen LogP contribution in [0.5, 0.6) is 0 Å². The molecule has 1 amide bonds. The third kappa shape index (κ3) is 4.81. The lowest BCUT2D eigenvalue weighted by molar-refractivity contribution is -0.126. The smallest absolute Gasteiger partial charge is 0.246 e. The zero-order valence-corrected chi connectivity index (χ0v) is 10.6. The molecule has 0 aliphatic rings. The van der Waals surface area contributed by atoms with Crippen LogP contribution in [0.3, 0.4) is 0 Å². The second-order valence-corrected chi connectivity index (χ2v) is 3.72. The molecule has 0 fully saturated rings. The average molecular weight is 255 g/mol. The van der Waals surface area contributed by atoms with Crippen molar-refractivity contribution in [3.8, 4) is 0 Å². The summed E-state index contributed by atoms with van der Waals surface area (Å²) in [5, 5.41) is 2.68. The number of hydrogen-bond donors (Lipinski definition) is 1. The van der Waals surface area contributed by atoms with Crippen molar-refractivity contribution >= 4 is 5.91 Å². The Bertz CT molecular complexity index is 384. The lowest BCUT2D eigenvalue weighted by Gasteiger charge is -2.16. The Morgan fingerprint density at radius 1 is 1.50 bits per heavy atom. The van der Waals surface area contributed by atoms with E-state index in [2.05, 4.69) is 5.32 Å². The standard InChI is InChI=1S/C13H18FNO3/c1-3-18-9-13(16)15-8-12(17-2)10-5-4-6-11(14)7-10/h4-7,12H,3,8-9H2,1-2H3,(H,15,16)/t12-/m0/s1. The van der Waals surface area contributed by atoms with Crippen LogP contribution in [0, 0.1) is 5.82 Å². The third-order valence-corrected chi connectivity index (χ3v) is 2.43. The summed E-state index contributed by atoms with van der Waals surface area (Å²) in [6, 6.07) is 6.12. The molecule has 1 rings (SSSR count). The summed E-state index contributed by atoms with van der Waals surface area (Å²) >= 11 is 0. The van der Waals surface area contributed by atoms with E-state index in [4.69, 9.17) is 9.47 Å². The van der Waals surface area contributed by atoms with Crippen molar-refractivity contribution in [2.75, 3.05) is 26.9 Å². The zero-order valence-electron chi connectivity index (χ0n) is 10.6. The van der Waals surface area contributed by atoms with Crippen molar-refractivity contribution in [1.29, 1.82) is 0 Å². The van der Waals surface area contributed by atoms with Crippen molar-refractivity contribution < 1.29 is 18.7 Å². The van der Waals surface area contributed by atoms with Gasteiger partial charge in [-0.05, 0) is 24.6 Å². The van der Waals surface area contributed by atoms with Crippen LogP contribution >= 0.6 is 0 Å². The average Bonchev–Trinajstić information content (AvgIpc) is 2.37. The first-order chi connectivity index (χ1) is 8.67. The molecule has 1 aromatic carbocycles. The van der Waals surface area contributed by atoms with Crippen LogP contribution in [0.25, 0.3) is 0 Å². The first-order valence-electron chi connectivity index (χ1n) is 5.80. The highest BCUT2D eigenvalue weighted by molar-refractivity contribution is 5.77. The van der Waals surface area contributed by atoms with Gasteiger partial charge in [-0.25, -0.2) is 4.39 Å². The summed E-state index contributed by atoms with van der Waals surface area (Å²) in [4.78, 5) is 11.4. The molecule has 1 aromatic rings. The van der Waals surface area contributed by atoms with E-state index in [-0.39, 0.29) is 31.0 Å². The van der Waals surface area contributed by atoms with E-state index in [9.17, 15) is 9.18 Å². The van der Waals surface area contributed by atoms with Gasteiger partial charge in [-0.2, -0.15) is 0 Å². The molecule has 0 unspecified atom stereocenters. The number of nitrogens with one attached hydrogen (secondary N) is 1. The molecule has 0 aliphatic heterocycles. The van der Waals surface area contributed by atoms with Crippen LogP contribution in [0.2, 0.25) is 0 Å². The summed E-state index contributed by atoms with van der Waals surface area (Å²) in [5.74, 6) is -0.537. The van der Waals surface area contributed by atoms with Crippen LogP contribution < -0.4 is 5.32 Å². The Morgan fingerprint density at radius 2 is 2.28 bits per heavy atom. The van der Waals surface area contributed by atoms with Gasteiger partial charge in [0.2, 0.25) is 5.91 Å². The molecule has 18 heavy (non-hydrogen) atoms. The zero-order chi connectivity index (χ0) is 13.4. The summed E-state index contributed by atoms with van der Waals surface area (Å²) in [7, 11) is 1.52. The minimum atomic E-state index is -0.369. The lowest BCUT2D eigenvalue weighted by atomic mass is 10.1. The maximum Gasteiger partial charge on any atom is 0.246 e. The highest BCUT2D eigenvalue weighted by atomic mass is 19.1. The molecule has 5 heteroatoms. The fraction of sp³-hybridized carbons (Fsp3) is 0.462. The van der Waals surface area contributed by atoms with E-state index in [1.165, 1.54) is 19.2 Å². The number of carbonyl (C=O) groups is 1. The maximum atomic E-state index is 13.1. The highest BCUT2D eigenvalue weighted by Crippen LogP contribution is 2.16.